The number of hydrogen-bond acceptors (Lipinski definition) is 1. The summed E-state index contributed by atoms with van der Waals surface area (Å²) in [4.78, 5) is 2.56. The number of hydrogen-bond donors (Lipinski definition) is 0. The molecule has 0 aromatic heterocycles. The molecule has 0 N–H and O–H groups in total. The fourth-order valence-electron chi connectivity index (χ4n) is 1.16. The molecule has 0 bridgehead atoms. The minimum atomic E-state index is 1.22. The van der Waals surface area contributed by atoms with Crippen molar-refractivity contribution in [1.29, 1.82) is 0 Å². The smallest absolute Gasteiger partial charge is 0.0122 e. The predicted molar refractivity (Wildman–Crippen MR) is 66.4 cm³/mol. The summed E-state index contributed by atoms with van der Waals surface area (Å²) in [7, 11) is 2.69. The summed E-state index contributed by atoms with van der Waals surface area (Å²) in [6.45, 7) is 0. The van der Waals surface area contributed by atoms with E-state index in [4.69, 9.17) is 0 Å². The van der Waals surface area contributed by atoms with Crippen LogP contribution < -0.4 is 5.30 Å². The lowest BCUT2D eigenvalue weighted by molar-refractivity contribution is 1.42. The first kappa shape index (κ1) is 9.76. The van der Waals surface area contributed by atoms with Gasteiger partial charge in [-0.3, -0.25) is 0 Å². The normalized spacial score (nSPS) is 10.1. The molecule has 0 radical (unpaired) electrons. The van der Waals surface area contributed by atoms with E-state index >= 15 is 0 Å². The first-order valence-electron chi connectivity index (χ1n) is 4.43. The van der Waals surface area contributed by atoms with Crippen LogP contribution in [0.5, 0.6) is 0 Å². The molecule has 0 heterocycles. The zero-order chi connectivity index (χ0) is 9.80. The highest BCUT2D eigenvalue weighted by molar-refractivity contribution is 7.99. The van der Waals surface area contributed by atoms with Gasteiger partial charge in [-0.05, 0) is 29.6 Å². The van der Waals surface area contributed by atoms with Crippen molar-refractivity contribution in [2.45, 2.75) is 9.79 Å². The molecular weight excluding hydrogens is 207 g/mol. The van der Waals surface area contributed by atoms with Gasteiger partial charge in [0.05, 0.1) is 0 Å². The second-order valence-electron chi connectivity index (χ2n) is 2.98. The van der Waals surface area contributed by atoms with Crippen LogP contribution in [0, 0.1) is 0 Å². The maximum absolute atomic E-state index is 2.69. The van der Waals surface area contributed by atoms with Crippen LogP contribution in [0.25, 0.3) is 0 Å². The lowest BCUT2D eigenvalue weighted by atomic mass is 10.4. The Morgan fingerprint density at radius 3 is 1.93 bits per heavy atom. The lowest BCUT2D eigenvalue weighted by Crippen LogP contribution is -1.86. The Balaban J connectivity index is 2.16. The Kier molecular flexibility index (Phi) is 3.23. The third-order valence-corrected chi connectivity index (χ3v) is 3.26. The fourth-order valence-corrected chi connectivity index (χ4v) is 2.19. The van der Waals surface area contributed by atoms with E-state index in [-0.39, 0.29) is 0 Å². The first-order chi connectivity index (χ1) is 6.84. The van der Waals surface area contributed by atoms with Gasteiger partial charge < -0.3 is 0 Å². The minimum Gasteiger partial charge on any atom is -0.106 e. The summed E-state index contributed by atoms with van der Waals surface area (Å²) in [6.07, 6.45) is 0. The van der Waals surface area contributed by atoms with Crippen LogP contribution in [0.15, 0.2) is 64.4 Å². The average Bonchev–Trinajstić information content (AvgIpc) is 2.23. The predicted octanol–water partition coefficient (Wildman–Crippen LogP) is 3.34. The SMILES string of the molecule is Pc1ccc(Sc2ccccc2)cc1. The van der Waals surface area contributed by atoms with Gasteiger partial charge in [-0.2, -0.15) is 0 Å². The molecule has 0 aliphatic carbocycles. The zero-order valence-electron chi connectivity index (χ0n) is 7.68. The van der Waals surface area contributed by atoms with Crippen molar-refractivity contribution in [2.24, 2.45) is 0 Å². The minimum absolute atomic E-state index is 1.22. The summed E-state index contributed by atoms with van der Waals surface area (Å²) < 4.78 is 0. The maximum atomic E-state index is 2.69. The third kappa shape index (κ3) is 2.60. The summed E-state index contributed by atoms with van der Waals surface area (Å²) in [5, 5.41) is 1.22. The molecular formula is C12H11PS. The largest absolute Gasteiger partial charge is 0.106 e. The van der Waals surface area contributed by atoms with E-state index in [1.54, 1.807) is 11.8 Å². The Morgan fingerprint density at radius 2 is 1.29 bits per heavy atom. The molecule has 2 heteroatoms. The number of rotatable bonds is 2. The second-order valence-corrected chi connectivity index (χ2v) is 4.80. The molecule has 0 nitrogen and oxygen atoms in total. The highest BCUT2D eigenvalue weighted by Gasteiger charge is 1.94. The average molecular weight is 218 g/mol. The molecule has 0 aliphatic rings. The van der Waals surface area contributed by atoms with E-state index in [1.807, 2.05) is 6.07 Å². The van der Waals surface area contributed by atoms with Crippen molar-refractivity contribution in [3.05, 3.63) is 54.6 Å². The van der Waals surface area contributed by atoms with Gasteiger partial charge in [0.25, 0.3) is 0 Å². The maximum Gasteiger partial charge on any atom is 0.0122 e. The van der Waals surface area contributed by atoms with Gasteiger partial charge in [0.2, 0.25) is 0 Å². The van der Waals surface area contributed by atoms with Gasteiger partial charge in [0.1, 0.15) is 0 Å². The van der Waals surface area contributed by atoms with E-state index in [9.17, 15) is 0 Å². The molecule has 14 heavy (non-hydrogen) atoms. The van der Waals surface area contributed by atoms with Crippen LogP contribution in [-0.2, 0) is 0 Å². The summed E-state index contributed by atoms with van der Waals surface area (Å²) >= 11 is 1.79. The summed E-state index contributed by atoms with van der Waals surface area (Å²) in [5.41, 5.74) is 0. The van der Waals surface area contributed by atoms with E-state index in [0.29, 0.717) is 0 Å². The zero-order valence-corrected chi connectivity index (χ0v) is 9.65. The first-order valence-corrected chi connectivity index (χ1v) is 5.82. The van der Waals surface area contributed by atoms with Gasteiger partial charge in [-0.25, -0.2) is 0 Å². The molecule has 2 aromatic carbocycles. The van der Waals surface area contributed by atoms with Gasteiger partial charge in [0.15, 0.2) is 0 Å². The molecule has 0 amide bonds. The van der Waals surface area contributed by atoms with Crippen molar-refractivity contribution in [1.82, 2.24) is 0 Å². The van der Waals surface area contributed by atoms with Crippen LogP contribution in [0.3, 0.4) is 0 Å². The standard InChI is InChI=1S/C12H11PS/c13-10-6-8-12(9-7-10)14-11-4-2-1-3-5-11/h1-9H,13H2. The molecule has 0 saturated heterocycles. The van der Waals surface area contributed by atoms with E-state index in [2.05, 4.69) is 57.8 Å². The van der Waals surface area contributed by atoms with Crippen molar-refractivity contribution >= 4 is 26.3 Å². The van der Waals surface area contributed by atoms with Crippen molar-refractivity contribution in [3.63, 3.8) is 0 Å². The fraction of sp³-hybridized carbons (Fsp3) is 0. The van der Waals surface area contributed by atoms with E-state index in [0.717, 1.165) is 0 Å². The Morgan fingerprint density at radius 1 is 0.714 bits per heavy atom. The van der Waals surface area contributed by atoms with Gasteiger partial charge in [-0.1, -0.05) is 42.1 Å². The van der Waals surface area contributed by atoms with Crippen LogP contribution in [0.1, 0.15) is 0 Å². The van der Waals surface area contributed by atoms with Crippen molar-refractivity contribution in [3.8, 4) is 0 Å². The van der Waals surface area contributed by atoms with Gasteiger partial charge in [0, 0.05) is 9.79 Å². The van der Waals surface area contributed by atoms with E-state index < -0.39 is 0 Å². The monoisotopic (exact) mass is 218 g/mol. The highest BCUT2D eigenvalue weighted by atomic mass is 32.2. The highest BCUT2D eigenvalue weighted by Crippen LogP contribution is 2.26. The molecule has 0 aliphatic heterocycles. The Labute approximate surface area is 90.9 Å². The van der Waals surface area contributed by atoms with Crippen molar-refractivity contribution < 1.29 is 0 Å². The Hall–Kier alpha value is -0.780. The lowest BCUT2D eigenvalue weighted by Gasteiger charge is -2.01. The molecule has 2 rings (SSSR count). The molecule has 1 atom stereocenters. The topological polar surface area (TPSA) is 0 Å². The quantitative estimate of drug-likeness (QED) is 0.697. The molecule has 0 fully saturated rings. The molecule has 0 spiro atoms. The van der Waals surface area contributed by atoms with Crippen LogP contribution in [-0.4, -0.2) is 0 Å². The van der Waals surface area contributed by atoms with Gasteiger partial charge >= 0.3 is 0 Å². The van der Waals surface area contributed by atoms with Crippen LogP contribution >= 0.6 is 21.0 Å². The molecule has 0 saturated carbocycles. The molecule has 2 aromatic rings. The van der Waals surface area contributed by atoms with Crippen LogP contribution in [0.2, 0.25) is 0 Å². The summed E-state index contributed by atoms with van der Waals surface area (Å²) in [5.74, 6) is 0. The van der Waals surface area contributed by atoms with Crippen molar-refractivity contribution in [2.75, 3.05) is 0 Å². The molecule has 70 valence electrons. The van der Waals surface area contributed by atoms with E-state index in [1.165, 1.54) is 15.1 Å². The third-order valence-electron chi connectivity index (χ3n) is 1.86. The Bertz CT molecular complexity index is 394. The number of benzene rings is 2. The summed E-state index contributed by atoms with van der Waals surface area (Å²) in [6, 6.07) is 18.9. The molecule has 1 unspecified atom stereocenters. The van der Waals surface area contributed by atoms with Crippen LogP contribution in [0.4, 0.5) is 0 Å². The van der Waals surface area contributed by atoms with Gasteiger partial charge in [-0.15, -0.1) is 9.24 Å². The second kappa shape index (κ2) is 4.63.